The molecule has 0 bridgehead atoms. The zero-order valence-electron chi connectivity index (χ0n) is 19.7. The molecule has 182 valence electrons. The second-order valence-corrected chi connectivity index (χ2v) is 9.37. The molecule has 2 aromatic heterocycles. The third-order valence-corrected chi connectivity index (χ3v) is 6.70. The summed E-state index contributed by atoms with van der Waals surface area (Å²) in [5.41, 5.74) is 3.08. The maximum Gasteiger partial charge on any atom is 0.232 e. The lowest BCUT2D eigenvalue weighted by Crippen LogP contribution is -2.38. The number of halogens is 1. The van der Waals surface area contributed by atoms with Crippen molar-refractivity contribution in [2.75, 3.05) is 50.3 Å². The van der Waals surface area contributed by atoms with Crippen LogP contribution in [0.5, 0.6) is 11.5 Å². The predicted molar refractivity (Wildman–Crippen MR) is 142 cm³/mol. The van der Waals surface area contributed by atoms with Gasteiger partial charge in [0.05, 0.1) is 37.2 Å². The van der Waals surface area contributed by atoms with Crippen LogP contribution in [0, 0.1) is 3.57 Å². The van der Waals surface area contributed by atoms with Gasteiger partial charge in [0.2, 0.25) is 11.9 Å². The van der Waals surface area contributed by atoms with Crippen molar-refractivity contribution in [3.05, 3.63) is 69.4 Å². The van der Waals surface area contributed by atoms with Gasteiger partial charge in [-0.05, 0) is 58.0 Å². The lowest BCUT2D eigenvalue weighted by molar-refractivity contribution is 0.122. The summed E-state index contributed by atoms with van der Waals surface area (Å²) in [6.07, 6.45) is 1.83. The molecule has 1 aliphatic heterocycles. The first-order valence-electron chi connectivity index (χ1n) is 11.4. The molecule has 5 rings (SSSR count). The molecule has 2 aromatic carbocycles. The Morgan fingerprint density at radius 3 is 2.00 bits per heavy atom. The highest BCUT2D eigenvalue weighted by Gasteiger charge is 2.22. The van der Waals surface area contributed by atoms with Gasteiger partial charge in [-0.1, -0.05) is 24.3 Å². The van der Waals surface area contributed by atoms with Crippen LogP contribution < -0.4 is 19.3 Å². The first-order chi connectivity index (χ1) is 17.1. The number of morpholine rings is 1. The fourth-order valence-electron chi connectivity index (χ4n) is 4.04. The van der Waals surface area contributed by atoms with Gasteiger partial charge in [-0.15, -0.1) is 0 Å². The molecule has 1 fully saturated rings. The van der Waals surface area contributed by atoms with Crippen LogP contribution in [0.4, 0.5) is 11.9 Å². The van der Waals surface area contributed by atoms with E-state index in [-0.39, 0.29) is 0 Å². The third-order valence-electron chi connectivity index (χ3n) is 5.94. The largest absolute Gasteiger partial charge is 0.497 e. The molecular formula is C25H27IN6O3. The molecule has 0 atom stereocenters. The van der Waals surface area contributed by atoms with Crippen molar-refractivity contribution in [1.82, 2.24) is 19.6 Å². The monoisotopic (exact) mass is 586 g/mol. The molecule has 0 aliphatic carbocycles. The first kappa shape index (κ1) is 23.6. The van der Waals surface area contributed by atoms with Crippen LogP contribution in [0.2, 0.25) is 0 Å². The Morgan fingerprint density at radius 2 is 1.46 bits per heavy atom. The van der Waals surface area contributed by atoms with Gasteiger partial charge in [-0.2, -0.15) is 19.6 Å². The molecule has 0 unspecified atom stereocenters. The molecular weight excluding hydrogens is 559 g/mol. The lowest BCUT2D eigenvalue weighted by atomic mass is 10.1. The molecule has 0 amide bonds. The van der Waals surface area contributed by atoms with Crippen LogP contribution >= 0.6 is 22.6 Å². The Kier molecular flexibility index (Phi) is 7.19. The van der Waals surface area contributed by atoms with Gasteiger partial charge in [0.15, 0.2) is 5.65 Å². The highest BCUT2D eigenvalue weighted by atomic mass is 127. The SMILES string of the molecule is COc1ccc(CN(Cc2ccc(OC)cc2)c2nc(N3CCOCC3)nc3c(I)cnn23)cc1. The summed E-state index contributed by atoms with van der Waals surface area (Å²) in [6, 6.07) is 16.2. The minimum Gasteiger partial charge on any atom is -0.497 e. The minimum absolute atomic E-state index is 0.640. The zero-order valence-corrected chi connectivity index (χ0v) is 21.9. The maximum atomic E-state index is 5.54. The quantitative estimate of drug-likeness (QED) is 0.289. The van der Waals surface area contributed by atoms with Crippen LogP contribution in [0.3, 0.4) is 0 Å². The van der Waals surface area contributed by atoms with Gasteiger partial charge in [0.1, 0.15) is 11.5 Å². The van der Waals surface area contributed by atoms with Crippen LogP contribution in [0.25, 0.3) is 5.65 Å². The van der Waals surface area contributed by atoms with Crippen molar-refractivity contribution >= 4 is 40.1 Å². The Balaban J connectivity index is 1.57. The molecule has 0 radical (unpaired) electrons. The molecule has 4 aromatic rings. The number of hydrogen-bond donors (Lipinski definition) is 0. The number of fused-ring (bicyclic) bond motifs is 1. The van der Waals surface area contributed by atoms with Gasteiger partial charge in [0, 0.05) is 26.2 Å². The highest BCUT2D eigenvalue weighted by Crippen LogP contribution is 2.26. The normalized spacial score (nSPS) is 13.7. The number of anilines is 2. The van der Waals surface area contributed by atoms with Gasteiger partial charge in [-0.25, -0.2) is 0 Å². The second-order valence-electron chi connectivity index (χ2n) is 8.20. The molecule has 3 heterocycles. The molecule has 0 N–H and O–H groups in total. The third kappa shape index (κ3) is 5.27. The fourth-order valence-corrected chi connectivity index (χ4v) is 4.51. The van der Waals surface area contributed by atoms with Crippen LogP contribution in [0.15, 0.2) is 54.7 Å². The van der Waals surface area contributed by atoms with Crippen molar-refractivity contribution in [2.45, 2.75) is 13.1 Å². The average molecular weight is 586 g/mol. The summed E-state index contributed by atoms with van der Waals surface area (Å²) in [5.74, 6) is 3.10. The van der Waals surface area contributed by atoms with Crippen LogP contribution in [0.1, 0.15) is 11.1 Å². The molecule has 9 nitrogen and oxygen atoms in total. The Bertz CT molecular complexity index is 1220. The molecule has 35 heavy (non-hydrogen) atoms. The average Bonchev–Trinajstić information content (AvgIpc) is 3.29. The number of nitrogens with zero attached hydrogens (tertiary/aromatic N) is 6. The second kappa shape index (κ2) is 10.6. The van der Waals surface area contributed by atoms with E-state index >= 15 is 0 Å². The first-order valence-corrected chi connectivity index (χ1v) is 12.5. The van der Waals surface area contributed by atoms with E-state index in [2.05, 4.69) is 61.8 Å². The van der Waals surface area contributed by atoms with Crippen molar-refractivity contribution in [2.24, 2.45) is 0 Å². The number of benzene rings is 2. The number of hydrogen-bond acceptors (Lipinski definition) is 8. The molecule has 1 saturated heterocycles. The summed E-state index contributed by atoms with van der Waals surface area (Å²) < 4.78 is 19.0. The smallest absolute Gasteiger partial charge is 0.232 e. The Hall–Kier alpha value is -3.12. The van der Waals surface area contributed by atoms with Gasteiger partial charge in [-0.3, -0.25) is 0 Å². The van der Waals surface area contributed by atoms with Crippen molar-refractivity contribution in [3.8, 4) is 11.5 Å². The molecule has 0 saturated carbocycles. The summed E-state index contributed by atoms with van der Waals surface area (Å²) in [6.45, 7) is 4.14. The minimum atomic E-state index is 0.640. The summed E-state index contributed by atoms with van der Waals surface area (Å²) in [5, 5.41) is 4.62. The molecule has 0 spiro atoms. The van der Waals surface area contributed by atoms with Crippen LogP contribution in [-0.2, 0) is 17.8 Å². The molecule has 1 aliphatic rings. The van der Waals surface area contributed by atoms with Gasteiger partial charge >= 0.3 is 0 Å². The Labute approximate surface area is 217 Å². The number of rotatable bonds is 8. The number of aromatic nitrogens is 4. The summed E-state index contributed by atoms with van der Waals surface area (Å²) in [7, 11) is 3.35. The highest BCUT2D eigenvalue weighted by molar-refractivity contribution is 14.1. The van der Waals surface area contributed by atoms with E-state index in [0.717, 1.165) is 50.9 Å². The zero-order chi connectivity index (χ0) is 24.2. The fraction of sp³-hybridized carbons (Fsp3) is 0.320. The van der Waals surface area contributed by atoms with E-state index in [9.17, 15) is 0 Å². The van der Waals surface area contributed by atoms with E-state index in [1.54, 1.807) is 14.2 Å². The van der Waals surface area contributed by atoms with E-state index in [0.29, 0.717) is 32.3 Å². The Morgan fingerprint density at radius 1 is 0.886 bits per heavy atom. The van der Waals surface area contributed by atoms with Crippen molar-refractivity contribution < 1.29 is 14.2 Å². The van der Waals surface area contributed by atoms with E-state index in [1.807, 2.05) is 35.0 Å². The number of methoxy groups -OCH3 is 2. The number of ether oxygens (including phenoxy) is 3. The van der Waals surface area contributed by atoms with Gasteiger partial charge < -0.3 is 24.0 Å². The summed E-state index contributed by atoms with van der Waals surface area (Å²) in [4.78, 5) is 14.3. The standard InChI is InChI=1S/C25H27IN6O3/c1-33-20-7-3-18(4-8-20)16-31(17-19-5-9-21(34-2)10-6-19)25-29-24(30-11-13-35-14-12-30)28-23-22(26)15-27-32(23)25/h3-10,15H,11-14,16-17H2,1-2H3. The van der Waals surface area contributed by atoms with E-state index in [1.165, 1.54) is 0 Å². The van der Waals surface area contributed by atoms with E-state index < -0.39 is 0 Å². The maximum absolute atomic E-state index is 5.54. The predicted octanol–water partition coefficient (Wildman–Crippen LogP) is 3.79. The topological polar surface area (TPSA) is 77.2 Å². The lowest BCUT2D eigenvalue weighted by Gasteiger charge is -2.29. The van der Waals surface area contributed by atoms with Crippen LogP contribution in [-0.4, -0.2) is 60.1 Å². The van der Waals surface area contributed by atoms with Gasteiger partial charge in [0.25, 0.3) is 0 Å². The summed E-state index contributed by atoms with van der Waals surface area (Å²) >= 11 is 2.28. The molecule has 10 heteroatoms. The van der Waals surface area contributed by atoms with E-state index in [4.69, 9.17) is 24.2 Å². The van der Waals surface area contributed by atoms with Crippen molar-refractivity contribution in [3.63, 3.8) is 0 Å². The van der Waals surface area contributed by atoms with Crippen molar-refractivity contribution in [1.29, 1.82) is 0 Å².